The number of nitrogens with zero attached hydrogens (tertiary/aromatic N) is 4. The number of carbonyl (C=O) groups excluding carboxylic acids is 1. The maximum absolute atomic E-state index is 13.2. The summed E-state index contributed by atoms with van der Waals surface area (Å²) < 4.78 is 3.97. The SMILES string of the molecule is CC(C)n1nc(CNCCCn2ccnc2)cc1C(=O)NCC12CC3CC(CC(C3)C1)C2. The van der Waals surface area contributed by atoms with Crippen LogP contribution < -0.4 is 10.6 Å². The summed E-state index contributed by atoms with van der Waals surface area (Å²) in [4.78, 5) is 17.3. The third-order valence-electron chi connectivity index (χ3n) is 7.93. The number of hydrogen-bond acceptors (Lipinski definition) is 4. The Morgan fingerprint density at radius 1 is 1.19 bits per heavy atom. The molecule has 4 aliphatic carbocycles. The fourth-order valence-electron chi connectivity index (χ4n) is 6.98. The molecule has 1 amide bonds. The molecule has 4 aliphatic rings. The number of hydrogen-bond donors (Lipinski definition) is 2. The summed E-state index contributed by atoms with van der Waals surface area (Å²) in [6.45, 7) is 7.54. The van der Waals surface area contributed by atoms with Gasteiger partial charge in [-0.15, -0.1) is 0 Å². The highest BCUT2D eigenvalue weighted by molar-refractivity contribution is 5.92. The zero-order chi connectivity index (χ0) is 22.1. The van der Waals surface area contributed by atoms with Gasteiger partial charge in [0.2, 0.25) is 0 Å². The van der Waals surface area contributed by atoms with Gasteiger partial charge in [-0.3, -0.25) is 9.48 Å². The standard InChI is InChI=1S/C25H38N6O/c1-18(2)31-23(11-22(29-31)15-26-4-3-6-30-7-5-27-17-30)24(32)28-16-25-12-19-8-20(13-25)10-21(9-19)14-25/h5,7,11,17-21,26H,3-4,6,8-10,12-16H2,1-2H3,(H,28,32). The van der Waals surface area contributed by atoms with Crippen LogP contribution in [0.3, 0.4) is 0 Å². The summed E-state index contributed by atoms with van der Waals surface area (Å²) in [5.74, 6) is 2.76. The molecule has 4 bridgehead atoms. The molecule has 0 saturated heterocycles. The van der Waals surface area contributed by atoms with Gasteiger partial charge in [-0.25, -0.2) is 4.98 Å². The van der Waals surface area contributed by atoms with Crippen LogP contribution in [0.15, 0.2) is 24.8 Å². The van der Waals surface area contributed by atoms with Crippen molar-refractivity contribution in [1.82, 2.24) is 30.0 Å². The Balaban J connectivity index is 1.15. The molecule has 4 fully saturated rings. The van der Waals surface area contributed by atoms with Crippen LogP contribution >= 0.6 is 0 Å². The Kier molecular flexibility index (Phi) is 6.10. The number of carbonyl (C=O) groups is 1. The molecule has 32 heavy (non-hydrogen) atoms. The quantitative estimate of drug-likeness (QED) is 0.554. The Morgan fingerprint density at radius 3 is 2.53 bits per heavy atom. The van der Waals surface area contributed by atoms with Gasteiger partial charge in [0.05, 0.1) is 12.0 Å². The third-order valence-corrected chi connectivity index (χ3v) is 7.93. The van der Waals surface area contributed by atoms with Crippen molar-refractivity contribution < 1.29 is 4.79 Å². The van der Waals surface area contributed by atoms with E-state index in [0.717, 1.165) is 49.5 Å². The second-order valence-electron chi connectivity index (χ2n) is 11.0. The molecule has 7 nitrogen and oxygen atoms in total. The molecule has 2 aromatic heterocycles. The van der Waals surface area contributed by atoms with Crippen molar-refractivity contribution in [2.45, 2.75) is 77.9 Å². The maximum atomic E-state index is 13.2. The molecule has 6 rings (SSSR count). The number of aromatic nitrogens is 4. The van der Waals surface area contributed by atoms with Crippen molar-refractivity contribution in [3.05, 3.63) is 36.2 Å². The van der Waals surface area contributed by atoms with E-state index >= 15 is 0 Å². The zero-order valence-electron chi connectivity index (χ0n) is 19.6. The smallest absolute Gasteiger partial charge is 0.269 e. The van der Waals surface area contributed by atoms with E-state index in [1.807, 2.05) is 29.5 Å². The van der Waals surface area contributed by atoms with Crippen LogP contribution in [-0.4, -0.2) is 38.3 Å². The van der Waals surface area contributed by atoms with Crippen LogP contribution in [0.25, 0.3) is 0 Å². The number of rotatable bonds is 10. The van der Waals surface area contributed by atoms with Gasteiger partial charge in [0, 0.05) is 38.1 Å². The second-order valence-corrected chi connectivity index (χ2v) is 11.0. The monoisotopic (exact) mass is 438 g/mol. The summed E-state index contributed by atoms with van der Waals surface area (Å²) >= 11 is 0. The topological polar surface area (TPSA) is 76.8 Å². The molecule has 2 aromatic rings. The molecule has 0 aromatic carbocycles. The minimum absolute atomic E-state index is 0.0355. The van der Waals surface area contributed by atoms with E-state index in [4.69, 9.17) is 5.10 Å². The highest BCUT2D eigenvalue weighted by Crippen LogP contribution is 2.59. The number of amides is 1. The van der Waals surface area contributed by atoms with Gasteiger partial charge in [-0.05, 0) is 94.6 Å². The normalized spacial score (nSPS) is 28.5. The average molecular weight is 439 g/mol. The molecule has 0 aliphatic heterocycles. The summed E-state index contributed by atoms with van der Waals surface area (Å²) in [6.07, 6.45) is 14.9. The average Bonchev–Trinajstić information content (AvgIpc) is 3.41. The molecule has 174 valence electrons. The molecular formula is C25H38N6O. The van der Waals surface area contributed by atoms with Crippen LogP contribution in [0.4, 0.5) is 0 Å². The Bertz CT molecular complexity index is 880. The first-order valence-electron chi connectivity index (χ1n) is 12.5. The van der Waals surface area contributed by atoms with Crippen LogP contribution in [0.2, 0.25) is 0 Å². The van der Waals surface area contributed by atoms with Crippen molar-refractivity contribution in [2.75, 3.05) is 13.1 Å². The van der Waals surface area contributed by atoms with Gasteiger partial charge < -0.3 is 15.2 Å². The maximum Gasteiger partial charge on any atom is 0.269 e. The molecule has 2 N–H and O–H groups in total. The van der Waals surface area contributed by atoms with E-state index in [1.54, 1.807) is 0 Å². The predicted octanol–water partition coefficient (Wildman–Crippen LogP) is 3.79. The molecule has 0 unspecified atom stereocenters. The molecule has 0 radical (unpaired) electrons. The zero-order valence-corrected chi connectivity index (χ0v) is 19.6. The first-order valence-corrected chi connectivity index (χ1v) is 12.5. The molecule has 4 saturated carbocycles. The predicted molar refractivity (Wildman–Crippen MR) is 124 cm³/mol. The number of nitrogens with one attached hydrogen (secondary N) is 2. The van der Waals surface area contributed by atoms with Gasteiger partial charge in [-0.2, -0.15) is 5.10 Å². The summed E-state index contributed by atoms with van der Waals surface area (Å²) in [5.41, 5.74) is 1.98. The molecule has 7 heteroatoms. The number of imidazole rings is 1. The van der Waals surface area contributed by atoms with Crippen molar-refractivity contribution in [3.63, 3.8) is 0 Å². The first kappa shape index (κ1) is 21.7. The lowest BCUT2D eigenvalue weighted by Gasteiger charge is -2.56. The van der Waals surface area contributed by atoms with Crippen LogP contribution in [0.5, 0.6) is 0 Å². The van der Waals surface area contributed by atoms with E-state index < -0.39 is 0 Å². The van der Waals surface area contributed by atoms with E-state index in [9.17, 15) is 4.79 Å². The number of aryl methyl sites for hydroxylation is 1. The van der Waals surface area contributed by atoms with Gasteiger partial charge in [-0.1, -0.05) is 0 Å². The summed E-state index contributed by atoms with van der Waals surface area (Å²) in [5, 5.41) is 11.5. The van der Waals surface area contributed by atoms with E-state index in [0.29, 0.717) is 17.7 Å². The van der Waals surface area contributed by atoms with Gasteiger partial charge in [0.1, 0.15) is 5.69 Å². The van der Waals surface area contributed by atoms with E-state index in [2.05, 4.69) is 34.0 Å². The van der Waals surface area contributed by atoms with E-state index in [-0.39, 0.29) is 11.9 Å². The van der Waals surface area contributed by atoms with E-state index in [1.165, 1.54) is 38.5 Å². The highest BCUT2D eigenvalue weighted by Gasteiger charge is 2.50. The third kappa shape index (κ3) is 4.63. The lowest BCUT2D eigenvalue weighted by molar-refractivity contribution is -0.0503. The lowest BCUT2D eigenvalue weighted by Crippen LogP contribution is -2.51. The molecule has 0 atom stereocenters. The molecule has 2 heterocycles. The van der Waals surface area contributed by atoms with Crippen LogP contribution in [0, 0.1) is 23.2 Å². The van der Waals surface area contributed by atoms with Crippen molar-refractivity contribution in [1.29, 1.82) is 0 Å². The van der Waals surface area contributed by atoms with Crippen LogP contribution in [0.1, 0.15) is 81.0 Å². The Labute approximate surface area is 191 Å². The Hall–Kier alpha value is -2.15. The molecule has 0 spiro atoms. The minimum atomic E-state index is 0.0355. The fourth-order valence-corrected chi connectivity index (χ4v) is 6.98. The van der Waals surface area contributed by atoms with Gasteiger partial charge in [0.15, 0.2) is 0 Å². The summed E-state index contributed by atoms with van der Waals surface area (Å²) in [7, 11) is 0. The van der Waals surface area contributed by atoms with Crippen molar-refractivity contribution >= 4 is 5.91 Å². The second kappa shape index (κ2) is 9.00. The fraction of sp³-hybridized carbons (Fsp3) is 0.720. The van der Waals surface area contributed by atoms with Crippen molar-refractivity contribution in [3.8, 4) is 0 Å². The minimum Gasteiger partial charge on any atom is -0.350 e. The Morgan fingerprint density at radius 2 is 1.91 bits per heavy atom. The highest BCUT2D eigenvalue weighted by atomic mass is 16.2. The van der Waals surface area contributed by atoms with Gasteiger partial charge in [0.25, 0.3) is 5.91 Å². The lowest BCUT2D eigenvalue weighted by atomic mass is 9.49. The molecular weight excluding hydrogens is 400 g/mol. The largest absolute Gasteiger partial charge is 0.350 e. The summed E-state index contributed by atoms with van der Waals surface area (Å²) in [6, 6.07) is 2.13. The van der Waals surface area contributed by atoms with Gasteiger partial charge >= 0.3 is 0 Å². The van der Waals surface area contributed by atoms with Crippen molar-refractivity contribution in [2.24, 2.45) is 23.2 Å². The first-order chi connectivity index (χ1) is 15.5. The van der Waals surface area contributed by atoms with Crippen LogP contribution in [-0.2, 0) is 13.1 Å².